The first-order valence-electron chi connectivity index (χ1n) is 9.04. The lowest BCUT2D eigenvalue weighted by Gasteiger charge is -2.37. The van der Waals surface area contributed by atoms with Crippen molar-refractivity contribution >= 4 is 0 Å². The minimum Gasteiger partial charge on any atom is -0.488 e. The van der Waals surface area contributed by atoms with Gasteiger partial charge in [-0.3, -0.25) is 0 Å². The number of likely N-dealkylation sites (tertiary alicyclic amines) is 1. The van der Waals surface area contributed by atoms with Gasteiger partial charge in [-0.1, -0.05) is 18.2 Å². The molecule has 4 heteroatoms. The molecule has 1 aliphatic carbocycles. The summed E-state index contributed by atoms with van der Waals surface area (Å²) in [5.74, 6) is 1.60. The molecule has 128 valence electrons. The predicted molar refractivity (Wildman–Crippen MR) is 92.7 cm³/mol. The fraction of sp³-hybridized carbons (Fsp3) is 0.684. The molecule has 0 aromatic heterocycles. The molecule has 2 N–H and O–H groups in total. The number of benzene rings is 1. The van der Waals surface area contributed by atoms with Gasteiger partial charge < -0.3 is 20.1 Å². The summed E-state index contributed by atoms with van der Waals surface area (Å²) >= 11 is 0. The van der Waals surface area contributed by atoms with Gasteiger partial charge in [-0.15, -0.1) is 0 Å². The SMILES string of the molecule is CN1CCC(CN[C@H]2CCC[C@@H](Oc3ccccc3)[C@@H]2O)CC1. The largest absolute Gasteiger partial charge is 0.488 e. The molecule has 3 rings (SSSR count). The van der Waals surface area contributed by atoms with E-state index in [4.69, 9.17) is 4.74 Å². The zero-order valence-corrected chi connectivity index (χ0v) is 14.2. The number of hydrogen-bond acceptors (Lipinski definition) is 4. The van der Waals surface area contributed by atoms with Crippen LogP contribution in [0.1, 0.15) is 32.1 Å². The highest BCUT2D eigenvalue weighted by Crippen LogP contribution is 2.25. The number of ether oxygens (including phenoxy) is 1. The molecular weight excluding hydrogens is 288 g/mol. The van der Waals surface area contributed by atoms with Crippen molar-refractivity contribution in [1.82, 2.24) is 10.2 Å². The fourth-order valence-electron chi connectivity index (χ4n) is 3.75. The Morgan fingerprint density at radius 3 is 2.61 bits per heavy atom. The minimum atomic E-state index is -0.421. The van der Waals surface area contributed by atoms with Crippen LogP contribution in [-0.2, 0) is 0 Å². The first-order valence-corrected chi connectivity index (χ1v) is 9.04. The second-order valence-corrected chi connectivity index (χ2v) is 7.15. The maximum Gasteiger partial charge on any atom is 0.126 e. The molecule has 4 nitrogen and oxygen atoms in total. The lowest BCUT2D eigenvalue weighted by molar-refractivity contribution is -0.0166. The van der Waals surface area contributed by atoms with Gasteiger partial charge in [-0.2, -0.15) is 0 Å². The van der Waals surface area contributed by atoms with E-state index in [1.165, 1.54) is 25.9 Å². The van der Waals surface area contributed by atoms with Crippen LogP contribution < -0.4 is 10.1 Å². The number of aliphatic hydroxyl groups is 1. The summed E-state index contributed by atoms with van der Waals surface area (Å²) in [5.41, 5.74) is 0. The van der Waals surface area contributed by atoms with Gasteiger partial charge in [0.05, 0.1) is 0 Å². The van der Waals surface area contributed by atoms with Crippen molar-refractivity contribution < 1.29 is 9.84 Å². The summed E-state index contributed by atoms with van der Waals surface area (Å²) in [6.45, 7) is 3.41. The molecule has 23 heavy (non-hydrogen) atoms. The van der Waals surface area contributed by atoms with Crippen LogP contribution in [0.2, 0.25) is 0 Å². The summed E-state index contributed by atoms with van der Waals surface area (Å²) in [5, 5.41) is 14.3. The van der Waals surface area contributed by atoms with Gasteiger partial charge in [0.25, 0.3) is 0 Å². The molecule has 0 spiro atoms. The van der Waals surface area contributed by atoms with E-state index in [1.807, 2.05) is 30.3 Å². The molecule has 1 aromatic carbocycles. The van der Waals surface area contributed by atoms with Gasteiger partial charge in [0.1, 0.15) is 18.0 Å². The maximum atomic E-state index is 10.7. The van der Waals surface area contributed by atoms with Crippen molar-refractivity contribution in [2.75, 3.05) is 26.7 Å². The van der Waals surface area contributed by atoms with E-state index in [1.54, 1.807) is 0 Å². The predicted octanol–water partition coefficient (Wildman–Crippen LogP) is 2.28. The van der Waals surface area contributed by atoms with Crippen LogP contribution in [0.5, 0.6) is 5.75 Å². The molecule has 0 amide bonds. The number of rotatable bonds is 5. The van der Waals surface area contributed by atoms with E-state index in [0.717, 1.165) is 37.5 Å². The van der Waals surface area contributed by atoms with E-state index in [9.17, 15) is 5.11 Å². The molecule has 0 radical (unpaired) electrons. The number of aliphatic hydroxyl groups excluding tert-OH is 1. The second kappa shape index (κ2) is 8.13. The van der Waals surface area contributed by atoms with Crippen LogP contribution in [0, 0.1) is 5.92 Å². The highest BCUT2D eigenvalue weighted by atomic mass is 16.5. The van der Waals surface area contributed by atoms with Gasteiger partial charge in [-0.05, 0) is 76.8 Å². The van der Waals surface area contributed by atoms with Gasteiger partial charge in [0, 0.05) is 6.04 Å². The number of nitrogens with one attached hydrogen (secondary N) is 1. The molecule has 2 aliphatic rings. The average molecular weight is 318 g/mol. The minimum absolute atomic E-state index is 0.0962. The van der Waals surface area contributed by atoms with E-state index >= 15 is 0 Å². The maximum absolute atomic E-state index is 10.7. The van der Waals surface area contributed by atoms with Crippen molar-refractivity contribution in [2.24, 2.45) is 5.92 Å². The molecule has 0 bridgehead atoms. The van der Waals surface area contributed by atoms with Crippen LogP contribution in [0.3, 0.4) is 0 Å². The number of piperidine rings is 1. The van der Waals surface area contributed by atoms with Crippen LogP contribution in [0.25, 0.3) is 0 Å². The van der Waals surface area contributed by atoms with Crippen molar-refractivity contribution in [1.29, 1.82) is 0 Å². The molecular formula is C19H30N2O2. The Bertz CT molecular complexity index is 460. The third kappa shape index (κ3) is 4.69. The molecule has 1 aliphatic heterocycles. The van der Waals surface area contributed by atoms with Crippen LogP contribution >= 0.6 is 0 Å². The van der Waals surface area contributed by atoms with E-state index in [-0.39, 0.29) is 12.1 Å². The van der Waals surface area contributed by atoms with Crippen LogP contribution in [0.15, 0.2) is 30.3 Å². The standard InChI is InChI=1S/C19H30N2O2/c1-21-12-10-15(11-13-21)14-20-17-8-5-9-18(19(17)22)23-16-6-3-2-4-7-16/h2-4,6-7,15,17-20,22H,5,8-14H2,1H3/t17-,18+,19+/m0/s1. The average Bonchev–Trinajstić information content (AvgIpc) is 2.58. The molecule has 2 fully saturated rings. The molecule has 1 saturated heterocycles. The van der Waals surface area contributed by atoms with Crippen molar-refractivity contribution in [3.8, 4) is 5.75 Å². The lowest BCUT2D eigenvalue weighted by Crippen LogP contribution is -2.52. The Morgan fingerprint density at radius 2 is 1.87 bits per heavy atom. The zero-order chi connectivity index (χ0) is 16.1. The summed E-state index contributed by atoms with van der Waals surface area (Å²) < 4.78 is 6.01. The Labute approximate surface area is 139 Å². The van der Waals surface area contributed by atoms with E-state index < -0.39 is 6.10 Å². The summed E-state index contributed by atoms with van der Waals surface area (Å²) in [6.07, 6.45) is 5.09. The molecule has 0 unspecified atom stereocenters. The molecule has 3 atom stereocenters. The first-order chi connectivity index (χ1) is 11.2. The van der Waals surface area contributed by atoms with Crippen molar-refractivity contribution in [3.05, 3.63) is 30.3 Å². The summed E-state index contributed by atoms with van der Waals surface area (Å²) in [6, 6.07) is 10.0. The monoisotopic (exact) mass is 318 g/mol. The molecule has 1 heterocycles. The fourth-order valence-corrected chi connectivity index (χ4v) is 3.75. The van der Waals surface area contributed by atoms with Crippen LogP contribution in [0.4, 0.5) is 0 Å². The third-order valence-corrected chi connectivity index (χ3v) is 5.33. The Kier molecular flexibility index (Phi) is 5.92. The third-order valence-electron chi connectivity index (χ3n) is 5.33. The topological polar surface area (TPSA) is 44.7 Å². The molecule has 1 aromatic rings. The number of para-hydroxylation sites is 1. The van der Waals surface area contributed by atoms with E-state index in [0.29, 0.717) is 0 Å². The van der Waals surface area contributed by atoms with Gasteiger partial charge >= 0.3 is 0 Å². The lowest BCUT2D eigenvalue weighted by atomic mass is 9.89. The Morgan fingerprint density at radius 1 is 1.13 bits per heavy atom. The number of hydrogen-bond donors (Lipinski definition) is 2. The Hall–Kier alpha value is -1.10. The smallest absolute Gasteiger partial charge is 0.126 e. The number of nitrogens with zero attached hydrogens (tertiary/aromatic N) is 1. The van der Waals surface area contributed by atoms with Gasteiger partial charge in [0.15, 0.2) is 0 Å². The van der Waals surface area contributed by atoms with Gasteiger partial charge in [-0.25, -0.2) is 0 Å². The summed E-state index contributed by atoms with van der Waals surface area (Å²) in [7, 11) is 2.19. The summed E-state index contributed by atoms with van der Waals surface area (Å²) in [4.78, 5) is 2.40. The first kappa shape index (κ1) is 16.7. The Balaban J connectivity index is 1.48. The highest BCUT2D eigenvalue weighted by Gasteiger charge is 2.33. The molecule has 1 saturated carbocycles. The normalized spacial score (nSPS) is 30.3. The second-order valence-electron chi connectivity index (χ2n) is 7.15. The van der Waals surface area contributed by atoms with Crippen molar-refractivity contribution in [2.45, 2.75) is 50.4 Å². The van der Waals surface area contributed by atoms with Gasteiger partial charge in [0.2, 0.25) is 0 Å². The highest BCUT2D eigenvalue weighted by molar-refractivity contribution is 5.21. The van der Waals surface area contributed by atoms with Crippen LogP contribution in [-0.4, -0.2) is 54.9 Å². The zero-order valence-electron chi connectivity index (χ0n) is 14.2. The van der Waals surface area contributed by atoms with E-state index in [2.05, 4.69) is 17.3 Å². The quantitative estimate of drug-likeness (QED) is 0.874. The van der Waals surface area contributed by atoms with Crippen molar-refractivity contribution in [3.63, 3.8) is 0 Å².